The highest BCUT2D eigenvalue weighted by Gasteiger charge is 2.16. The number of aromatic hydroxyl groups is 2. The molecule has 0 aliphatic heterocycles. The van der Waals surface area contributed by atoms with Crippen LogP contribution >= 0.6 is 23.2 Å². The molecule has 0 radical (unpaired) electrons. The predicted molar refractivity (Wildman–Crippen MR) is 132 cm³/mol. The van der Waals surface area contributed by atoms with Gasteiger partial charge in [0.05, 0.1) is 11.0 Å². The second-order valence-electron chi connectivity index (χ2n) is 7.83. The lowest BCUT2D eigenvalue weighted by molar-refractivity contribution is -0.119. The summed E-state index contributed by atoms with van der Waals surface area (Å²) in [7, 11) is 3.30. The first-order valence-electron chi connectivity index (χ1n) is 10.5. The fourth-order valence-corrected chi connectivity index (χ4v) is 4.01. The van der Waals surface area contributed by atoms with E-state index in [-0.39, 0.29) is 42.4 Å². The summed E-state index contributed by atoms with van der Waals surface area (Å²) in [6, 6.07) is 10.1. The Hall–Kier alpha value is -3.76. The van der Waals surface area contributed by atoms with E-state index < -0.39 is 11.8 Å². The lowest BCUT2D eigenvalue weighted by Gasteiger charge is -1.96. The molecule has 0 bridgehead atoms. The van der Waals surface area contributed by atoms with Crippen molar-refractivity contribution in [3.63, 3.8) is 0 Å². The molecular formula is C23H20Cl2N6O4. The van der Waals surface area contributed by atoms with Crippen molar-refractivity contribution < 1.29 is 19.8 Å². The number of hydrogen-bond donors (Lipinski definition) is 2. The largest absolute Gasteiger partial charge is 0.493 e. The van der Waals surface area contributed by atoms with Gasteiger partial charge in [-0.25, -0.2) is 0 Å². The molecule has 0 saturated carbocycles. The van der Waals surface area contributed by atoms with E-state index in [1.54, 1.807) is 50.5 Å². The van der Waals surface area contributed by atoms with E-state index in [2.05, 4.69) is 20.5 Å². The number of aromatic nitrogens is 2. The summed E-state index contributed by atoms with van der Waals surface area (Å²) in [5, 5.41) is 37.7. The minimum atomic E-state index is -0.561. The minimum absolute atomic E-state index is 0.0494. The Morgan fingerprint density at radius 2 is 1.17 bits per heavy atom. The highest BCUT2D eigenvalue weighted by atomic mass is 35.5. The number of carbonyl (C=O) groups excluding carboxylic acids is 2. The van der Waals surface area contributed by atoms with Crippen molar-refractivity contribution in [2.45, 2.75) is 19.3 Å². The van der Waals surface area contributed by atoms with E-state index in [4.69, 9.17) is 23.2 Å². The van der Waals surface area contributed by atoms with Crippen LogP contribution in [0.4, 0.5) is 11.4 Å². The van der Waals surface area contributed by atoms with Crippen molar-refractivity contribution in [2.75, 3.05) is 0 Å². The minimum Gasteiger partial charge on any atom is -0.493 e. The van der Waals surface area contributed by atoms with Gasteiger partial charge in [0.2, 0.25) is 11.8 Å². The van der Waals surface area contributed by atoms with Crippen molar-refractivity contribution in [3.05, 3.63) is 46.4 Å². The number of amides is 2. The molecule has 2 aromatic heterocycles. The summed E-state index contributed by atoms with van der Waals surface area (Å²) in [5.41, 5.74) is 1.64. The Kier molecular flexibility index (Phi) is 6.86. The van der Waals surface area contributed by atoms with Crippen LogP contribution in [-0.4, -0.2) is 31.2 Å². The van der Waals surface area contributed by atoms with E-state index in [1.807, 2.05) is 0 Å². The molecular weight excluding hydrogens is 495 g/mol. The van der Waals surface area contributed by atoms with Gasteiger partial charge in [0.1, 0.15) is 0 Å². The van der Waals surface area contributed by atoms with Gasteiger partial charge >= 0.3 is 0 Å². The van der Waals surface area contributed by atoms with Crippen molar-refractivity contribution in [3.8, 4) is 11.8 Å². The second kappa shape index (κ2) is 9.85. The Labute approximate surface area is 209 Å². The summed E-state index contributed by atoms with van der Waals surface area (Å²) < 4.78 is 3.02. The smallest absolute Gasteiger partial charge is 0.264 e. The van der Waals surface area contributed by atoms with Crippen LogP contribution in [0.25, 0.3) is 21.8 Å². The number of nitrogens with zero attached hydrogens (tertiary/aromatic N) is 6. The van der Waals surface area contributed by atoms with Crippen molar-refractivity contribution >= 4 is 68.2 Å². The molecule has 0 fully saturated rings. The molecule has 4 aromatic rings. The van der Waals surface area contributed by atoms with Crippen LogP contribution in [0.15, 0.2) is 56.9 Å². The average molecular weight is 515 g/mol. The van der Waals surface area contributed by atoms with E-state index >= 15 is 0 Å². The topological polar surface area (TPSA) is 134 Å². The van der Waals surface area contributed by atoms with Gasteiger partial charge in [-0.05, 0) is 42.8 Å². The Bertz CT molecular complexity index is 1420. The predicted octanol–water partition coefficient (Wildman–Crippen LogP) is 6.48. The summed E-state index contributed by atoms with van der Waals surface area (Å²) in [6.45, 7) is 0. The molecule has 0 saturated heterocycles. The molecule has 2 N–H and O–H groups in total. The van der Waals surface area contributed by atoms with Gasteiger partial charge in [0.25, 0.3) is 11.8 Å². The molecule has 35 heavy (non-hydrogen) atoms. The molecule has 0 unspecified atom stereocenters. The third kappa shape index (κ3) is 4.89. The van der Waals surface area contributed by atoms with Crippen LogP contribution in [0.3, 0.4) is 0 Å². The number of carbonyl (C=O) groups is 2. The summed E-state index contributed by atoms with van der Waals surface area (Å²) in [5.74, 6) is -1.41. The number of rotatable bonds is 6. The standard InChI is InChI=1S/C23H20Cl2N6O4/c1-30-16-8-6-12(24)10-14(16)20(22(30)34)28-26-18(32)4-3-5-19(33)27-29-21-15-11-13(25)7-9-17(15)31(2)23(21)35/h6-11,34-35H,3-5H2,1-2H3. The van der Waals surface area contributed by atoms with Gasteiger partial charge in [-0.2, -0.15) is 0 Å². The molecule has 180 valence electrons. The Morgan fingerprint density at radius 3 is 1.57 bits per heavy atom. The Balaban J connectivity index is 1.37. The fourth-order valence-electron chi connectivity index (χ4n) is 3.67. The van der Waals surface area contributed by atoms with Crippen LogP contribution in [0.2, 0.25) is 10.0 Å². The van der Waals surface area contributed by atoms with Gasteiger partial charge in [-0.15, -0.1) is 20.5 Å². The SMILES string of the molecule is Cn1c(O)c(N=NC(=O)CCCC(=O)N=Nc2c(O)n(C)c3ccc(Cl)cc23)c2cc(Cl)ccc21. The molecule has 2 aromatic carbocycles. The quantitative estimate of drug-likeness (QED) is 0.284. The summed E-state index contributed by atoms with van der Waals surface area (Å²) >= 11 is 12.0. The van der Waals surface area contributed by atoms with Crippen molar-refractivity contribution in [1.29, 1.82) is 0 Å². The van der Waals surface area contributed by atoms with Gasteiger partial charge in [-0.1, -0.05) is 23.2 Å². The summed E-state index contributed by atoms with van der Waals surface area (Å²) in [6.07, 6.45) is 0.0781. The number of azo groups is 2. The molecule has 0 aliphatic rings. The first-order valence-corrected chi connectivity index (χ1v) is 11.3. The first kappa shape index (κ1) is 24.4. The third-order valence-electron chi connectivity index (χ3n) is 5.51. The van der Waals surface area contributed by atoms with E-state index in [1.165, 1.54) is 9.13 Å². The fraction of sp³-hybridized carbons (Fsp3) is 0.217. The lowest BCUT2D eigenvalue weighted by atomic mass is 10.2. The van der Waals surface area contributed by atoms with E-state index in [9.17, 15) is 19.8 Å². The maximum Gasteiger partial charge on any atom is 0.264 e. The van der Waals surface area contributed by atoms with Gasteiger partial charge < -0.3 is 19.3 Å². The molecule has 0 spiro atoms. The van der Waals surface area contributed by atoms with Crippen LogP contribution in [0.1, 0.15) is 19.3 Å². The first-order chi connectivity index (χ1) is 16.7. The molecule has 4 rings (SSSR count). The highest BCUT2D eigenvalue weighted by Crippen LogP contribution is 2.40. The second-order valence-corrected chi connectivity index (χ2v) is 8.70. The third-order valence-corrected chi connectivity index (χ3v) is 5.98. The molecule has 2 heterocycles. The zero-order valence-corrected chi connectivity index (χ0v) is 20.2. The van der Waals surface area contributed by atoms with Crippen molar-refractivity contribution in [2.24, 2.45) is 34.6 Å². The maximum atomic E-state index is 12.1. The van der Waals surface area contributed by atoms with Crippen LogP contribution < -0.4 is 0 Å². The van der Waals surface area contributed by atoms with Gasteiger partial charge in [0.15, 0.2) is 11.4 Å². The van der Waals surface area contributed by atoms with Crippen LogP contribution in [-0.2, 0) is 23.7 Å². The van der Waals surface area contributed by atoms with E-state index in [0.29, 0.717) is 31.9 Å². The lowest BCUT2D eigenvalue weighted by Crippen LogP contribution is -1.96. The monoisotopic (exact) mass is 514 g/mol. The molecule has 0 atom stereocenters. The zero-order chi connectivity index (χ0) is 25.3. The normalized spacial score (nSPS) is 12.0. The molecule has 0 aliphatic carbocycles. The number of hydrogen-bond acceptors (Lipinski definition) is 6. The number of aryl methyl sites for hydroxylation is 2. The number of fused-ring (bicyclic) bond motifs is 2. The summed E-state index contributed by atoms with van der Waals surface area (Å²) in [4.78, 5) is 24.3. The highest BCUT2D eigenvalue weighted by molar-refractivity contribution is 6.32. The van der Waals surface area contributed by atoms with Crippen molar-refractivity contribution in [1.82, 2.24) is 9.13 Å². The van der Waals surface area contributed by atoms with Gasteiger partial charge in [0, 0.05) is 47.8 Å². The Morgan fingerprint density at radius 1 is 0.771 bits per heavy atom. The molecule has 10 nitrogen and oxygen atoms in total. The number of benzene rings is 2. The molecule has 2 amide bonds. The van der Waals surface area contributed by atoms with Crippen LogP contribution in [0, 0.1) is 0 Å². The van der Waals surface area contributed by atoms with Gasteiger partial charge in [-0.3, -0.25) is 9.59 Å². The van der Waals surface area contributed by atoms with E-state index in [0.717, 1.165) is 0 Å². The molecule has 12 heteroatoms. The maximum absolute atomic E-state index is 12.1. The average Bonchev–Trinajstić information content (AvgIpc) is 3.19. The number of halogens is 2. The zero-order valence-electron chi connectivity index (χ0n) is 18.7. The van der Waals surface area contributed by atoms with Crippen LogP contribution in [0.5, 0.6) is 11.8 Å².